The van der Waals surface area contributed by atoms with Crippen molar-refractivity contribution in [2.75, 3.05) is 6.61 Å². The highest BCUT2D eigenvalue weighted by atomic mass is 79.9. The zero-order valence-corrected chi connectivity index (χ0v) is 30.4. The fourth-order valence-electron chi connectivity index (χ4n) is 5.33. The molecule has 3 aromatic carbocycles. The summed E-state index contributed by atoms with van der Waals surface area (Å²) in [7, 11) is 0. The smallest absolute Gasteiger partial charge is 0.432 e. The Bertz CT molecular complexity index is 1840. The average Bonchev–Trinajstić information content (AvgIpc) is 3.44. The molecule has 2 atom stereocenters. The number of alkyl halides is 3. The van der Waals surface area contributed by atoms with Crippen LogP contribution in [0.2, 0.25) is 5.02 Å². The summed E-state index contributed by atoms with van der Waals surface area (Å²) in [6.07, 6.45) is -2.92. The number of para-hydroxylation sites is 1. The summed E-state index contributed by atoms with van der Waals surface area (Å²) in [4.78, 5) is 12.4. The topological polar surface area (TPSA) is 73.5 Å². The van der Waals surface area contributed by atoms with Gasteiger partial charge in [-0.2, -0.15) is 18.4 Å². The predicted molar refractivity (Wildman–Crippen MR) is 187 cm³/mol. The predicted octanol–water partition coefficient (Wildman–Crippen LogP) is 11.6. The third-order valence-electron chi connectivity index (χ3n) is 7.86. The summed E-state index contributed by atoms with van der Waals surface area (Å²) >= 11 is 20.2. The van der Waals surface area contributed by atoms with Crippen LogP contribution in [-0.4, -0.2) is 17.1 Å². The SMILES string of the molecule is CC1(C)C(C=C(Cl)Cl)C1C(=O)OCc1cccc(Oc2ccccc2)c1.CCOCn1c(-c2ccc(Cl)cc2)c(C#N)c(Br)c1C(F)(F)F. The fourth-order valence-corrected chi connectivity index (χ4v) is 6.44. The lowest BCUT2D eigenvalue weighted by Crippen LogP contribution is -2.16. The molecule has 13 heteroatoms. The van der Waals surface area contributed by atoms with Crippen LogP contribution in [0.1, 0.15) is 37.6 Å². The molecule has 1 aliphatic rings. The van der Waals surface area contributed by atoms with Crippen molar-refractivity contribution in [1.29, 1.82) is 5.26 Å². The molecule has 0 bridgehead atoms. The van der Waals surface area contributed by atoms with Gasteiger partial charge < -0.3 is 18.8 Å². The number of hydrogen-bond acceptors (Lipinski definition) is 5. The molecule has 2 unspecified atom stereocenters. The summed E-state index contributed by atoms with van der Waals surface area (Å²) in [6, 6.07) is 25.1. The van der Waals surface area contributed by atoms with E-state index < -0.39 is 11.9 Å². The Hall–Kier alpha value is -3.46. The van der Waals surface area contributed by atoms with E-state index >= 15 is 0 Å². The summed E-state index contributed by atoms with van der Waals surface area (Å²) in [5, 5.41) is 9.77. The first kappa shape index (κ1) is 38.3. The minimum Gasteiger partial charge on any atom is -0.461 e. The van der Waals surface area contributed by atoms with Gasteiger partial charge in [0.05, 0.1) is 21.6 Å². The quantitative estimate of drug-likeness (QED) is 0.149. The van der Waals surface area contributed by atoms with E-state index in [1.165, 1.54) is 0 Å². The molecular formula is C36H31BrCl3F3N2O4. The van der Waals surface area contributed by atoms with Gasteiger partial charge in [-0.15, -0.1) is 0 Å². The number of nitrogens with zero attached hydrogens (tertiary/aromatic N) is 2. The lowest BCUT2D eigenvalue weighted by molar-refractivity contribution is -0.148. The monoisotopic (exact) mass is 796 g/mol. The van der Waals surface area contributed by atoms with Crippen LogP contribution in [0, 0.1) is 28.6 Å². The van der Waals surface area contributed by atoms with Gasteiger partial charge in [0.25, 0.3) is 0 Å². The molecule has 0 amide bonds. The van der Waals surface area contributed by atoms with Gasteiger partial charge in [0.2, 0.25) is 0 Å². The first-order valence-electron chi connectivity index (χ1n) is 14.9. The van der Waals surface area contributed by atoms with E-state index in [-0.39, 0.29) is 63.4 Å². The standard InChI is InChI=1S/C21H20Cl2O3.C15H11BrClF3N2O/c1-21(2)17(12-18(22)23)19(21)20(24)25-13-14-7-6-10-16(11-14)26-15-8-4-3-5-9-15;1-2-23-8-22-13(9-3-5-10(17)6-4-9)11(7-21)12(16)14(22)15(18,19)20/h3-12,17,19H,13H2,1-2H3;3-6H,2,8H2,1H3. The minimum atomic E-state index is -4.63. The maximum Gasteiger partial charge on any atom is 0.432 e. The van der Waals surface area contributed by atoms with Crippen molar-refractivity contribution >= 4 is 56.7 Å². The molecule has 0 saturated heterocycles. The summed E-state index contributed by atoms with van der Waals surface area (Å²) < 4.78 is 57.5. The number of halogens is 7. The molecule has 1 aromatic heterocycles. The second-order valence-electron chi connectivity index (χ2n) is 11.5. The summed E-state index contributed by atoms with van der Waals surface area (Å²) in [5.41, 5.74) is 0.211. The molecule has 49 heavy (non-hydrogen) atoms. The Morgan fingerprint density at radius 3 is 2.29 bits per heavy atom. The lowest BCUT2D eigenvalue weighted by atomic mass is 10.1. The molecule has 1 fully saturated rings. The van der Waals surface area contributed by atoms with E-state index in [2.05, 4.69) is 15.9 Å². The number of allylic oxidation sites excluding steroid dienone is 1. The first-order valence-corrected chi connectivity index (χ1v) is 16.9. The van der Waals surface area contributed by atoms with E-state index in [9.17, 15) is 23.2 Å². The zero-order chi connectivity index (χ0) is 35.9. The molecule has 0 radical (unpaired) electrons. The molecule has 1 saturated carbocycles. The number of hydrogen-bond donors (Lipinski definition) is 0. The van der Waals surface area contributed by atoms with Gasteiger partial charge in [-0.05, 0) is 87.8 Å². The van der Waals surface area contributed by atoms with E-state index in [0.717, 1.165) is 15.9 Å². The molecule has 6 nitrogen and oxygen atoms in total. The Labute approximate surface area is 306 Å². The molecule has 1 aliphatic carbocycles. The molecule has 1 heterocycles. The van der Waals surface area contributed by atoms with Crippen LogP contribution < -0.4 is 4.74 Å². The van der Waals surface area contributed by atoms with Crippen molar-refractivity contribution in [2.45, 2.75) is 40.3 Å². The molecule has 258 valence electrons. The van der Waals surface area contributed by atoms with Crippen molar-refractivity contribution in [3.8, 4) is 28.8 Å². The van der Waals surface area contributed by atoms with Crippen molar-refractivity contribution in [3.05, 3.63) is 116 Å². The number of aromatic nitrogens is 1. The zero-order valence-electron chi connectivity index (χ0n) is 26.5. The molecule has 5 rings (SSSR count). The minimum absolute atomic E-state index is 0.00717. The van der Waals surface area contributed by atoms with Crippen LogP contribution in [0.3, 0.4) is 0 Å². The van der Waals surface area contributed by atoms with Gasteiger partial charge in [-0.3, -0.25) is 4.79 Å². The van der Waals surface area contributed by atoms with Crippen LogP contribution in [0.25, 0.3) is 11.3 Å². The van der Waals surface area contributed by atoms with Crippen molar-refractivity contribution < 1.29 is 32.2 Å². The maximum absolute atomic E-state index is 13.4. The van der Waals surface area contributed by atoms with Crippen LogP contribution >= 0.6 is 50.7 Å². The number of carbonyl (C=O) groups is 1. The van der Waals surface area contributed by atoms with Gasteiger partial charge in [-0.1, -0.05) is 91.1 Å². The van der Waals surface area contributed by atoms with E-state index in [4.69, 9.17) is 49.0 Å². The fraction of sp³-hybridized carbons (Fsp3) is 0.278. The molecule has 0 aliphatic heterocycles. The lowest BCUT2D eigenvalue weighted by Gasteiger charge is -2.15. The van der Waals surface area contributed by atoms with Crippen LogP contribution in [-0.2, 0) is 33.8 Å². The second kappa shape index (κ2) is 16.5. The van der Waals surface area contributed by atoms with Gasteiger partial charge in [0, 0.05) is 11.6 Å². The normalized spacial score (nSPS) is 16.1. The number of esters is 1. The Morgan fingerprint density at radius 1 is 1.04 bits per heavy atom. The number of carbonyl (C=O) groups excluding carboxylic acids is 1. The summed E-state index contributed by atoms with van der Waals surface area (Å²) in [6.45, 7) is 5.82. The van der Waals surface area contributed by atoms with E-state index in [0.29, 0.717) is 16.3 Å². The largest absolute Gasteiger partial charge is 0.461 e. The first-order chi connectivity index (χ1) is 23.2. The van der Waals surface area contributed by atoms with E-state index in [1.807, 2.05) is 74.5 Å². The van der Waals surface area contributed by atoms with Gasteiger partial charge in [-0.25, -0.2) is 0 Å². The highest BCUT2D eigenvalue weighted by Gasteiger charge is 2.61. The van der Waals surface area contributed by atoms with Crippen LogP contribution in [0.5, 0.6) is 11.5 Å². The van der Waals surface area contributed by atoms with Crippen molar-refractivity contribution in [2.24, 2.45) is 17.3 Å². The summed E-state index contributed by atoms with van der Waals surface area (Å²) in [5.74, 6) is 1.01. The Balaban J connectivity index is 0.000000223. The average molecular weight is 799 g/mol. The van der Waals surface area contributed by atoms with Crippen molar-refractivity contribution in [3.63, 3.8) is 0 Å². The number of nitriles is 1. The third kappa shape index (κ3) is 9.62. The van der Waals surface area contributed by atoms with E-state index in [1.54, 1.807) is 37.3 Å². The molecule has 0 N–H and O–H groups in total. The Kier molecular flexibility index (Phi) is 12.9. The van der Waals surface area contributed by atoms with Gasteiger partial charge in [0.15, 0.2) is 0 Å². The number of ether oxygens (including phenoxy) is 3. The molecule has 0 spiro atoms. The highest BCUT2D eigenvalue weighted by Crippen LogP contribution is 2.60. The molecular weight excluding hydrogens is 768 g/mol. The second-order valence-corrected chi connectivity index (χ2v) is 13.7. The van der Waals surface area contributed by atoms with Crippen LogP contribution in [0.4, 0.5) is 13.2 Å². The highest BCUT2D eigenvalue weighted by molar-refractivity contribution is 9.10. The number of benzene rings is 3. The molecule has 4 aromatic rings. The van der Waals surface area contributed by atoms with Crippen LogP contribution in [0.15, 0.2) is 93.9 Å². The maximum atomic E-state index is 13.4. The Morgan fingerprint density at radius 2 is 1.69 bits per heavy atom. The van der Waals surface area contributed by atoms with Crippen molar-refractivity contribution in [1.82, 2.24) is 4.57 Å². The van der Waals surface area contributed by atoms with Gasteiger partial charge >= 0.3 is 12.1 Å². The number of rotatable bonds is 10. The third-order valence-corrected chi connectivity index (χ3v) is 9.13. The van der Waals surface area contributed by atoms with Gasteiger partial charge in [0.1, 0.15) is 41.1 Å².